The lowest BCUT2D eigenvalue weighted by molar-refractivity contribution is 0.593. The molecular formula is C37H23O2P. The standard InChI is InChI=1S/C37H23O2P/c38-40(26-16-8-3-9-17-26)31-21-11-19-28-34(31)36-32(40)23-22-30-35(36)33-27(18-10-20-29(33)39-30)37(28,24-12-4-1-5-13-24)25-14-6-2-7-15-25/h1-23H. The first-order valence-corrected chi connectivity index (χ1v) is 15.3. The molecule has 0 amide bonds. The van der Waals surface area contributed by atoms with Crippen molar-refractivity contribution in [3.05, 3.63) is 162 Å². The Kier molecular flexibility index (Phi) is 4.28. The average molecular weight is 531 g/mol. The summed E-state index contributed by atoms with van der Waals surface area (Å²) in [7, 11) is -3.14. The van der Waals surface area contributed by atoms with Gasteiger partial charge in [0.25, 0.3) is 0 Å². The van der Waals surface area contributed by atoms with Crippen LogP contribution in [-0.4, -0.2) is 0 Å². The maximum absolute atomic E-state index is 15.6. The van der Waals surface area contributed by atoms with Crippen molar-refractivity contribution in [1.29, 1.82) is 0 Å². The summed E-state index contributed by atoms with van der Waals surface area (Å²) in [6.07, 6.45) is 0. The van der Waals surface area contributed by atoms with Gasteiger partial charge in [0.1, 0.15) is 11.2 Å². The molecule has 188 valence electrons. The Hall–Kier alpha value is -4.65. The van der Waals surface area contributed by atoms with E-state index in [9.17, 15) is 0 Å². The minimum absolute atomic E-state index is 0.647. The fraction of sp³-hybridized carbons (Fsp3) is 0.0270. The van der Waals surface area contributed by atoms with Crippen molar-refractivity contribution in [1.82, 2.24) is 0 Å². The molecule has 1 aromatic heterocycles. The predicted molar refractivity (Wildman–Crippen MR) is 164 cm³/mol. The van der Waals surface area contributed by atoms with Gasteiger partial charge in [0.2, 0.25) is 0 Å². The van der Waals surface area contributed by atoms with Gasteiger partial charge in [-0.15, -0.1) is 0 Å². The van der Waals surface area contributed by atoms with Crippen molar-refractivity contribution in [2.45, 2.75) is 5.41 Å². The Morgan fingerprint density at radius 2 is 1.05 bits per heavy atom. The number of rotatable bonds is 3. The Bertz CT molecular complexity index is 2140. The van der Waals surface area contributed by atoms with E-state index >= 15 is 4.57 Å². The summed E-state index contributed by atoms with van der Waals surface area (Å²) in [6.45, 7) is 0. The van der Waals surface area contributed by atoms with E-state index < -0.39 is 12.6 Å². The fourth-order valence-electron chi connectivity index (χ4n) is 7.46. The van der Waals surface area contributed by atoms with Gasteiger partial charge in [-0.3, -0.25) is 0 Å². The van der Waals surface area contributed by atoms with E-state index in [4.69, 9.17) is 4.42 Å². The van der Waals surface area contributed by atoms with Gasteiger partial charge in [-0.05, 0) is 46.0 Å². The highest BCUT2D eigenvalue weighted by atomic mass is 31.2. The molecule has 3 heteroatoms. The summed E-state index contributed by atoms with van der Waals surface area (Å²) in [5, 5.41) is 4.86. The molecule has 7 aromatic rings. The molecule has 0 saturated carbocycles. The molecule has 1 unspecified atom stereocenters. The lowest BCUT2D eigenvalue weighted by Crippen LogP contribution is -2.32. The molecule has 0 saturated heterocycles. The minimum Gasteiger partial charge on any atom is -0.456 e. The van der Waals surface area contributed by atoms with Gasteiger partial charge in [-0.25, -0.2) is 0 Å². The van der Waals surface area contributed by atoms with Crippen LogP contribution in [0, 0.1) is 0 Å². The second-order valence-electron chi connectivity index (χ2n) is 10.7. The van der Waals surface area contributed by atoms with Gasteiger partial charge in [-0.2, -0.15) is 0 Å². The highest BCUT2D eigenvalue weighted by Crippen LogP contribution is 2.61. The van der Waals surface area contributed by atoms with E-state index in [1.54, 1.807) is 0 Å². The normalized spacial score (nSPS) is 17.9. The Balaban J connectivity index is 1.60. The molecule has 1 aliphatic heterocycles. The van der Waals surface area contributed by atoms with Crippen molar-refractivity contribution in [3.8, 4) is 11.1 Å². The number of benzene rings is 6. The maximum atomic E-state index is 15.6. The van der Waals surface area contributed by atoms with Gasteiger partial charge in [0.15, 0.2) is 7.14 Å². The monoisotopic (exact) mass is 530 g/mol. The van der Waals surface area contributed by atoms with E-state index in [-0.39, 0.29) is 0 Å². The topological polar surface area (TPSA) is 30.2 Å². The molecule has 2 nitrogen and oxygen atoms in total. The molecule has 1 atom stereocenters. The summed E-state index contributed by atoms with van der Waals surface area (Å²) < 4.78 is 22.1. The van der Waals surface area contributed by atoms with E-state index in [0.717, 1.165) is 54.5 Å². The molecule has 0 spiro atoms. The maximum Gasteiger partial charge on any atom is 0.172 e. The van der Waals surface area contributed by atoms with Crippen LogP contribution in [0.1, 0.15) is 22.3 Å². The first-order valence-electron chi connectivity index (χ1n) is 13.6. The molecule has 9 rings (SSSR count). The van der Waals surface area contributed by atoms with Crippen molar-refractivity contribution < 1.29 is 8.98 Å². The van der Waals surface area contributed by atoms with Crippen LogP contribution in [-0.2, 0) is 9.98 Å². The van der Waals surface area contributed by atoms with Crippen LogP contribution >= 0.6 is 7.14 Å². The second kappa shape index (κ2) is 7.72. The van der Waals surface area contributed by atoms with Crippen LogP contribution in [0.2, 0.25) is 0 Å². The lowest BCUT2D eigenvalue weighted by Gasteiger charge is -2.38. The van der Waals surface area contributed by atoms with Crippen LogP contribution in [0.15, 0.2) is 144 Å². The van der Waals surface area contributed by atoms with Crippen LogP contribution in [0.25, 0.3) is 33.1 Å². The highest BCUT2D eigenvalue weighted by Gasteiger charge is 2.50. The molecule has 0 bridgehead atoms. The molecule has 0 N–H and O–H groups in total. The summed E-state index contributed by atoms with van der Waals surface area (Å²) in [4.78, 5) is 0. The third-order valence-electron chi connectivity index (χ3n) is 8.95. The zero-order valence-electron chi connectivity index (χ0n) is 21.5. The van der Waals surface area contributed by atoms with Crippen LogP contribution in [0.4, 0.5) is 0 Å². The zero-order valence-corrected chi connectivity index (χ0v) is 22.4. The third-order valence-corrected chi connectivity index (χ3v) is 12.1. The van der Waals surface area contributed by atoms with Crippen molar-refractivity contribution >= 4 is 45.0 Å². The predicted octanol–water partition coefficient (Wildman–Crippen LogP) is 7.90. The van der Waals surface area contributed by atoms with Gasteiger partial charge in [0.05, 0.1) is 5.41 Å². The molecule has 6 aromatic carbocycles. The number of hydrogen-bond acceptors (Lipinski definition) is 2. The van der Waals surface area contributed by atoms with Gasteiger partial charge in [-0.1, -0.05) is 121 Å². The van der Waals surface area contributed by atoms with Crippen molar-refractivity contribution in [2.24, 2.45) is 0 Å². The Morgan fingerprint density at radius 3 is 1.75 bits per heavy atom. The smallest absolute Gasteiger partial charge is 0.172 e. The van der Waals surface area contributed by atoms with Gasteiger partial charge < -0.3 is 8.98 Å². The van der Waals surface area contributed by atoms with Crippen molar-refractivity contribution in [3.63, 3.8) is 0 Å². The van der Waals surface area contributed by atoms with E-state index in [0.29, 0.717) is 0 Å². The number of hydrogen-bond donors (Lipinski definition) is 0. The van der Waals surface area contributed by atoms with Gasteiger partial charge in [0, 0.05) is 32.2 Å². The first-order chi connectivity index (χ1) is 19.7. The molecule has 2 heterocycles. The summed E-state index contributed by atoms with van der Waals surface area (Å²) in [5.74, 6) is 0. The van der Waals surface area contributed by atoms with Crippen LogP contribution in [0.5, 0.6) is 0 Å². The molecule has 0 radical (unpaired) electrons. The SMILES string of the molecule is O=P1(c2ccccc2)c2cccc3c2-c2c1ccc1oc4cccc(c4c21)C3(c1ccccc1)c1ccccc1. The minimum atomic E-state index is -3.14. The largest absolute Gasteiger partial charge is 0.456 e. The summed E-state index contributed by atoms with van der Waals surface area (Å²) >= 11 is 0. The molecule has 0 fully saturated rings. The first kappa shape index (κ1) is 22.2. The molecular weight excluding hydrogens is 507 g/mol. The van der Waals surface area contributed by atoms with Gasteiger partial charge >= 0.3 is 0 Å². The van der Waals surface area contributed by atoms with E-state index in [2.05, 4.69) is 103 Å². The van der Waals surface area contributed by atoms with E-state index in [1.165, 1.54) is 16.7 Å². The zero-order chi connectivity index (χ0) is 26.5. The number of furan rings is 1. The third kappa shape index (κ3) is 2.49. The summed E-state index contributed by atoms with van der Waals surface area (Å²) in [5.41, 5.74) is 7.89. The Labute approximate surface area is 231 Å². The van der Waals surface area contributed by atoms with Crippen LogP contribution in [0.3, 0.4) is 0 Å². The highest BCUT2D eigenvalue weighted by molar-refractivity contribution is 7.86. The molecule has 2 aliphatic rings. The summed E-state index contributed by atoms with van der Waals surface area (Å²) in [6, 6.07) is 48.5. The fourth-order valence-corrected chi connectivity index (χ4v) is 10.5. The quantitative estimate of drug-likeness (QED) is 0.217. The molecule has 40 heavy (non-hydrogen) atoms. The average Bonchev–Trinajstić information content (AvgIpc) is 3.49. The lowest BCUT2D eigenvalue weighted by atomic mass is 9.64. The van der Waals surface area contributed by atoms with Crippen LogP contribution < -0.4 is 15.9 Å². The van der Waals surface area contributed by atoms with E-state index in [1.807, 2.05) is 36.4 Å². The van der Waals surface area contributed by atoms with Crippen molar-refractivity contribution in [2.75, 3.05) is 0 Å². The molecule has 1 aliphatic carbocycles. The second-order valence-corrected chi connectivity index (χ2v) is 13.4. The Morgan fingerprint density at radius 1 is 0.475 bits per heavy atom.